The number of halogens is 2. The van der Waals surface area contributed by atoms with Crippen LogP contribution in [0.4, 0.5) is 10.1 Å². The highest BCUT2D eigenvalue weighted by Gasteiger charge is 2.40. The average Bonchev–Trinajstić information content (AvgIpc) is 3.17. The van der Waals surface area contributed by atoms with Crippen LogP contribution >= 0.6 is 27.7 Å². The summed E-state index contributed by atoms with van der Waals surface area (Å²) in [5.74, 6) is -1.11. The molecule has 4 rings (SSSR count). The summed E-state index contributed by atoms with van der Waals surface area (Å²) in [6, 6.07) is 24.8. The van der Waals surface area contributed by atoms with Crippen molar-refractivity contribution in [2.24, 2.45) is 0 Å². The van der Waals surface area contributed by atoms with Crippen LogP contribution in [0.25, 0.3) is 0 Å². The van der Waals surface area contributed by atoms with Crippen molar-refractivity contribution in [3.05, 3.63) is 111 Å². The summed E-state index contributed by atoms with van der Waals surface area (Å²) < 4.78 is 14.2. The minimum atomic E-state index is -0.556. The van der Waals surface area contributed by atoms with E-state index in [0.29, 0.717) is 30.1 Å². The fourth-order valence-electron chi connectivity index (χ4n) is 3.70. The van der Waals surface area contributed by atoms with E-state index in [-0.39, 0.29) is 17.3 Å². The number of hydrogen-bond acceptors (Lipinski definition) is 4. The van der Waals surface area contributed by atoms with Crippen LogP contribution in [0.1, 0.15) is 11.1 Å². The first-order valence-corrected chi connectivity index (χ1v) is 12.6. The average molecular weight is 550 g/mol. The molecule has 2 amide bonds. The summed E-state index contributed by atoms with van der Waals surface area (Å²) in [5, 5.41) is 12.5. The van der Waals surface area contributed by atoms with Crippen LogP contribution in [-0.4, -0.2) is 23.6 Å². The third-order valence-corrected chi connectivity index (χ3v) is 7.26. The molecule has 5 nitrogen and oxygen atoms in total. The molecule has 0 aliphatic carbocycles. The molecule has 1 heterocycles. The maximum absolute atomic E-state index is 13.5. The van der Waals surface area contributed by atoms with E-state index in [2.05, 4.69) is 21.2 Å². The van der Waals surface area contributed by atoms with Gasteiger partial charge in [0.1, 0.15) is 22.5 Å². The van der Waals surface area contributed by atoms with Crippen molar-refractivity contribution in [3.63, 3.8) is 0 Å². The van der Waals surface area contributed by atoms with Crippen molar-refractivity contribution in [1.82, 2.24) is 5.32 Å². The van der Waals surface area contributed by atoms with E-state index in [1.807, 2.05) is 36.4 Å². The van der Waals surface area contributed by atoms with Gasteiger partial charge in [0.15, 0.2) is 0 Å². The Hall–Kier alpha value is -3.41. The van der Waals surface area contributed by atoms with Crippen molar-refractivity contribution in [2.75, 3.05) is 11.4 Å². The molecule has 3 aromatic carbocycles. The third kappa shape index (κ3) is 5.99. The number of nitriles is 1. The second-order valence-corrected chi connectivity index (χ2v) is 9.98. The quantitative estimate of drug-likeness (QED) is 0.317. The molecule has 1 fully saturated rings. The van der Waals surface area contributed by atoms with Crippen LogP contribution in [-0.2, 0) is 22.4 Å². The van der Waals surface area contributed by atoms with Gasteiger partial charge in [0.05, 0.1) is 5.25 Å². The monoisotopic (exact) mass is 549 g/mol. The molecule has 1 aliphatic heterocycles. The summed E-state index contributed by atoms with van der Waals surface area (Å²) in [6.07, 6.45) is 0.963. The molecule has 3 aromatic rings. The van der Waals surface area contributed by atoms with E-state index in [9.17, 15) is 19.2 Å². The zero-order valence-corrected chi connectivity index (χ0v) is 21.0. The summed E-state index contributed by atoms with van der Waals surface area (Å²) in [6.45, 7) is 0.358. The zero-order chi connectivity index (χ0) is 24.8. The Kier molecular flexibility index (Phi) is 8.01. The number of amides is 2. The Morgan fingerprint density at radius 1 is 1.03 bits per heavy atom. The van der Waals surface area contributed by atoms with Crippen LogP contribution in [0.2, 0.25) is 0 Å². The lowest BCUT2D eigenvalue weighted by molar-refractivity contribution is -0.117. The lowest BCUT2D eigenvalue weighted by Gasteiger charge is -2.19. The molecule has 1 aliphatic rings. The molecular formula is C27H21BrFN3O2S. The van der Waals surface area contributed by atoms with Crippen molar-refractivity contribution < 1.29 is 14.0 Å². The van der Waals surface area contributed by atoms with E-state index >= 15 is 0 Å². The smallest absolute Gasteiger partial charge is 0.264 e. The number of thioether (sulfide) groups is 1. The topological polar surface area (TPSA) is 73.2 Å². The van der Waals surface area contributed by atoms with Crippen molar-refractivity contribution >= 4 is 45.2 Å². The lowest BCUT2D eigenvalue weighted by atomic mass is 10.1. The van der Waals surface area contributed by atoms with Gasteiger partial charge in [-0.25, -0.2) is 4.39 Å². The summed E-state index contributed by atoms with van der Waals surface area (Å²) in [4.78, 5) is 27.9. The Morgan fingerprint density at radius 3 is 2.37 bits per heavy atom. The maximum Gasteiger partial charge on any atom is 0.264 e. The molecule has 35 heavy (non-hydrogen) atoms. The fourth-order valence-corrected chi connectivity index (χ4v) is 5.27. The SMILES string of the molecule is N#CC(C(=O)NCCc1ccccc1)=C1SC(Cc2ccc(F)cc2)C(=O)N1c1ccc(Br)cc1. The molecule has 0 aromatic heterocycles. The Labute approximate surface area is 215 Å². The molecule has 1 atom stereocenters. The van der Waals surface area contributed by atoms with Gasteiger partial charge in [-0.15, -0.1) is 0 Å². The van der Waals surface area contributed by atoms with Crippen molar-refractivity contribution in [2.45, 2.75) is 18.1 Å². The normalized spacial score (nSPS) is 16.7. The number of carbonyl (C=O) groups is 2. The Morgan fingerprint density at radius 2 is 1.71 bits per heavy atom. The number of hydrogen-bond donors (Lipinski definition) is 1. The number of anilines is 1. The van der Waals surface area contributed by atoms with Gasteiger partial charge >= 0.3 is 0 Å². The number of nitrogens with one attached hydrogen (secondary N) is 1. The Bertz CT molecular complexity index is 1290. The first-order valence-electron chi connectivity index (χ1n) is 10.9. The molecule has 1 unspecified atom stereocenters. The second-order valence-electron chi connectivity index (χ2n) is 7.87. The highest BCUT2D eigenvalue weighted by molar-refractivity contribution is 9.10. The second kappa shape index (κ2) is 11.3. The molecule has 8 heteroatoms. The predicted octanol–water partition coefficient (Wildman–Crippen LogP) is 5.37. The van der Waals surface area contributed by atoms with Crippen molar-refractivity contribution in [3.8, 4) is 6.07 Å². The van der Waals surface area contributed by atoms with Crippen LogP contribution in [0, 0.1) is 17.1 Å². The van der Waals surface area contributed by atoms with E-state index in [1.54, 1.807) is 36.4 Å². The third-order valence-electron chi connectivity index (χ3n) is 5.47. The van der Waals surface area contributed by atoms with Crippen molar-refractivity contribution in [1.29, 1.82) is 5.26 Å². The fraction of sp³-hybridized carbons (Fsp3) is 0.148. The molecule has 0 bridgehead atoms. The predicted molar refractivity (Wildman–Crippen MR) is 139 cm³/mol. The lowest BCUT2D eigenvalue weighted by Crippen LogP contribution is -2.32. The molecular weight excluding hydrogens is 529 g/mol. The molecule has 176 valence electrons. The number of benzene rings is 3. The molecule has 1 N–H and O–H groups in total. The molecule has 1 saturated heterocycles. The number of rotatable bonds is 7. The van der Waals surface area contributed by atoms with E-state index in [0.717, 1.165) is 15.6 Å². The highest BCUT2D eigenvalue weighted by Crippen LogP contribution is 2.42. The van der Waals surface area contributed by atoms with E-state index < -0.39 is 11.2 Å². The standard InChI is InChI=1S/C27H21BrFN3O2S/c28-20-8-12-22(13-9-20)32-26(34)24(16-19-6-10-21(29)11-7-19)35-27(32)23(17-30)25(33)31-15-14-18-4-2-1-3-5-18/h1-13,24H,14-16H2,(H,31,33). The zero-order valence-electron chi connectivity index (χ0n) is 18.6. The van der Waals surface area contributed by atoms with Crippen LogP contribution in [0.5, 0.6) is 0 Å². The summed E-state index contributed by atoms with van der Waals surface area (Å²) >= 11 is 4.57. The molecule has 0 radical (unpaired) electrons. The largest absolute Gasteiger partial charge is 0.351 e. The first-order chi connectivity index (χ1) is 17.0. The van der Waals surface area contributed by atoms with E-state index in [1.165, 1.54) is 28.8 Å². The van der Waals surface area contributed by atoms with Gasteiger partial charge in [0.2, 0.25) is 5.91 Å². The van der Waals surface area contributed by atoms with Gasteiger partial charge in [0.25, 0.3) is 5.91 Å². The van der Waals surface area contributed by atoms with Gasteiger partial charge in [0, 0.05) is 16.7 Å². The Balaban J connectivity index is 1.61. The van der Waals surface area contributed by atoms with Gasteiger partial charge < -0.3 is 5.32 Å². The van der Waals surface area contributed by atoms with Gasteiger partial charge in [-0.2, -0.15) is 5.26 Å². The van der Waals surface area contributed by atoms with Gasteiger partial charge in [-0.05, 0) is 60.4 Å². The van der Waals surface area contributed by atoms with Crippen LogP contribution in [0.3, 0.4) is 0 Å². The maximum atomic E-state index is 13.5. The van der Waals surface area contributed by atoms with Gasteiger partial charge in [-0.1, -0.05) is 70.2 Å². The van der Waals surface area contributed by atoms with Gasteiger partial charge in [-0.3, -0.25) is 14.5 Å². The van der Waals surface area contributed by atoms with Crippen LogP contribution < -0.4 is 10.2 Å². The van der Waals surface area contributed by atoms with E-state index in [4.69, 9.17) is 0 Å². The first kappa shape index (κ1) is 24.7. The minimum Gasteiger partial charge on any atom is -0.351 e. The number of nitrogens with zero attached hydrogens (tertiary/aromatic N) is 2. The van der Waals surface area contributed by atoms with Crippen LogP contribution in [0.15, 0.2) is 93.9 Å². The number of carbonyl (C=O) groups excluding carboxylic acids is 2. The highest BCUT2D eigenvalue weighted by atomic mass is 79.9. The summed E-state index contributed by atoms with van der Waals surface area (Å²) in [7, 11) is 0. The molecule has 0 spiro atoms. The minimum absolute atomic E-state index is 0.110. The molecule has 0 saturated carbocycles. The summed E-state index contributed by atoms with van der Waals surface area (Å²) in [5.41, 5.74) is 2.31.